The molecule has 0 atom stereocenters. The number of aryl methyl sites for hydroxylation is 1. The van der Waals surface area contributed by atoms with Gasteiger partial charge in [0.2, 0.25) is 11.8 Å². The number of ether oxygens (including phenoxy) is 1. The molecule has 1 aromatic carbocycles. The van der Waals surface area contributed by atoms with Crippen LogP contribution in [0.15, 0.2) is 30.5 Å². The summed E-state index contributed by atoms with van der Waals surface area (Å²) in [6.45, 7) is 3.46. The highest BCUT2D eigenvalue weighted by Gasteiger charge is 2.33. The number of hydrogen-bond donors (Lipinski definition) is 0. The van der Waals surface area contributed by atoms with Crippen LogP contribution < -0.4 is 9.64 Å². The fourth-order valence-corrected chi connectivity index (χ4v) is 3.78. The number of benzene rings is 1. The number of rotatable bonds is 5. The molecule has 8 nitrogen and oxygen atoms in total. The lowest BCUT2D eigenvalue weighted by atomic mass is 10.1. The molecule has 3 heterocycles. The van der Waals surface area contributed by atoms with Crippen LogP contribution in [0.25, 0.3) is 0 Å². The largest absolute Gasteiger partial charge is 0.474 e. The van der Waals surface area contributed by atoms with E-state index >= 15 is 0 Å². The van der Waals surface area contributed by atoms with E-state index in [9.17, 15) is 18.4 Å². The summed E-state index contributed by atoms with van der Waals surface area (Å²) in [6, 6.07) is 4.65. The number of carbonyl (C=O) groups is 2. The molecule has 2 aliphatic heterocycles. The highest BCUT2D eigenvalue weighted by atomic mass is 19.2. The lowest BCUT2D eigenvalue weighted by molar-refractivity contribution is -0.133. The van der Waals surface area contributed by atoms with Crippen LogP contribution >= 0.6 is 0 Å². The molecule has 2 aromatic rings. The third-order valence-electron chi connectivity index (χ3n) is 5.47. The van der Waals surface area contributed by atoms with E-state index in [0.717, 1.165) is 12.1 Å². The summed E-state index contributed by atoms with van der Waals surface area (Å²) in [6.07, 6.45) is 2.95. The summed E-state index contributed by atoms with van der Waals surface area (Å²) in [5.74, 6) is -0.960. The van der Waals surface area contributed by atoms with Crippen LogP contribution in [0.4, 0.5) is 19.3 Å². The monoisotopic (exact) mass is 431 g/mol. The molecular formula is C21H23F2N5O3. The van der Waals surface area contributed by atoms with Crippen molar-refractivity contribution < 1.29 is 23.1 Å². The fraction of sp³-hybridized carbons (Fsp3) is 0.429. The summed E-state index contributed by atoms with van der Waals surface area (Å²) in [5.41, 5.74) is 0.275. The van der Waals surface area contributed by atoms with Crippen LogP contribution in [0.5, 0.6) is 5.88 Å². The predicted octanol–water partition coefficient (Wildman–Crippen LogP) is 2.38. The van der Waals surface area contributed by atoms with Gasteiger partial charge in [-0.25, -0.2) is 18.6 Å². The normalized spacial score (nSPS) is 17.4. The van der Waals surface area contributed by atoms with Crippen molar-refractivity contribution in [2.75, 3.05) is 37.6 Å². The standard InChI is InChI=1S/C21H23F2N5O3/c1-14-24-7-4-19(25-14)31-16-5-8-26(9-6-16)20(29)13-27-10-11-28(21(27)30)15-2-3-17(22)18(23)12-15/h2-4,7,12,16H,5-6,8-11,13H2,1H3. The zero-order valence-electron chi connectivity index (χ0n) is 17.1. The number of anilines is 1. The van der Waals surface area contributed by atoms with Gasteiger partial charge in [-0.2, -0.15) is 4.98 Å². The van der Waals surface area contributed by atoms with Gasteiger partial charge in [-0.1, -0.05) is 0 Å². The van der Waals surface area contributed by atoms with Crippen molar-refractivity contribution in [3.05, 3.63) is 47.9 Å². The Morgan fingerprint density at radius 1 is 1.13 bits per heavy atom. The highest BCUT2D eigenvalue weighted by Crippen LogP contribution is 2.23. The van der Waals surface area contributed by atoms with Crippen LogP contribution in [0.3, 0.4) is 0 Å². The first-order chi connectivity index (χ1) is 14.9. The van der Waals surface area contributed by atoms with Crippen molar-refractivity contribution in [2.45, 2.75) is 25.9 Å². The minimum atomic E-state index is -1.01. The van der Waals surface area contributed by atoms with Crippen LogP contribution in [0, 0.1) is 18.6 Å². The number of likely N-dealkylation sites (tertiary alicyclic amines) is 1. The Morgan fingerprint density at radius 2 is 1.90 bits per heavy atom. The minimum absolute atomic E-state index is 0.0318. The molecular weight excluding hydrogens is 408 g/mol. The number of hydrogen-bond acceptors (Lipinski definition) is 5. The van der Waals surface area contributed by atoms with Gasteiger partial charge < -0.3 is 14.5 Å². The molecule has 0 radical (unpaired) electrons. The third kappa shape index (κ3) is 4.73. The second-order valence-corrected chi connectivity index (χ2v) is 7.59. The van der Waals surface area contributed by atoms with Gasteiger partial charge in [-0.05, 0) is 19.1 Å². The molecule has 0 saturated carbocycles. The van der Waals surface area contributed by atoms with Crippen LogP contribution in [-0.2, 0) is 4.79 Å². The minimum Gasteiger partial charge on any atom is -0.474 e. The average Bonchev–Trinajstić information content (AvgIpc) is 3.11. The number of aromatic nitrogens is 2. The Hall–Kier alpha value is -3.30. The lowest BCUT2D eigenvalue weighted by Gasteiger charge is -2.32. The van der Waals surface area contributed by atoms with Crippen LogP contribution in [-0.4, -0.2) is 70.5 Å². The van der Waals surface area contributed by atoms with Crippen molar-refractivity contribution in [2.24, 2.45) is 0 Å². The topological polar surface area (TPSA) is 78.9 Å². The van der Waals surface area contributed by atoms with Gasteiger partial charge in [-0.15, -0.1) is 0 Å². The van der Waals surface area contributed by atoms with Crippen molar-refractivity contribution >= 4 is 17.6 Å². The van der Waals surface area contributed by atoms with Gasteiger partial charge >= 0.3 is 6.03 Å². The first kappa shape index (κ1) is 21.0. The second-order valence-electron chi connectivity index (χ2n) is 7.59. The fourth-order valence-electron chi connectivity index (χ4n) is 3.78. The number of halogens is 2. The molecule has 0 bridgehead atoms. The maximum atomic E-state index is 13.5. The van der Waals surface area contributed by atoms with Gasteiger partial charge in [0.15, 0.2) is 11.6 Å². The Labute approximate surface area is 178 Å². The van der Waals surface area contributed by atoms with E-state index in [4.69, 9.17) is 4.74 Å². The average molecular weight is 431 g/mol. The molecule has 1 aromatic heterocycles. The first-order valence-electron chi connectivity index (χ1n) is 10.2. The van der Waals surface area contributed by atoms with Gasteiger partial charge in [-0.3, -0.25) is 9.69 Å². The van der Waals surface area contributed by atoms with Gasteiger partial charge in [0.25, 0.3) is 0 Å². The molecule has 2 fully saturated rings. The number of piperidine rings is 1. The van der Waals surface area contributed by atoms with Crippen LogP contribution in [0.2, 0.25) is 0 Å². The summed E-state index contributed by atoms with van der Waals surface area (Å²) < 4.78 is 32.5. The van der Waals surface area contributed by atoms with Crippen molar-refractivity contribution in [3.8, 4) is 5.88 Å². The third-order valence-corrected chi connectivity index (χ3v) is 5.47. The molecule has 3 amide bonds. The smallest absolute Gasteiger partial charge is 0.325 e. The first-order valence-corrected chi connectivity index (χ1v) is 10.2. The number of carbonyl (C=O) groups excluding carboxylic acids is 2. The van der Waals surface area contributed by atoms with E-state index in [-0.39, 0.29) is 24.2 Å². The molecule has 4 rings (SSSR count). The van der Waals surface area contributed by atoms with E-state index < -0.39 is 17.7 Å². The zero-order chi connectivity index (χ0) is 22.0. The van der Waals surface area contributed by atoms with Crippen molar-refractivity contribution in [3.63, 3.8) is 0 Å². The lowest BCUT2D eigenvalue weighted by Crippen LogP contribution is -2.47. The molecule has 2 aliphatic rings. The van der Waals surface area contributed by atoms with E-state index in [1.807, 2.05) is 0 Å². The van der Waals surface area contributed by atoms with Gasteiger partial charge in [0, 0.05) is 63.0 Å². The molecule has 10 heteroatoms. The zero-order valence-corrected chi connectivity index (χ0v) is 17.1. The molecule has 0 unspecified atom stereocenters. The second kappa shape index (κ2) is 8.83. The summed E-state index contributed by atoms with van der Waals surface area (Å²) in [5, 5.41) is 0. The SMILES string of the molecule is Cc1nccc(OC2CCN(C(=O)CN3CCN(c4ccc(F)c(F)c4)C3=O)CC2)n1. The quantitative estimate of drug-likeness (QED) is 0.726. The van der Waals surface area contributed by atoms with E-state index in [1.54, 1.807) is 24.1 Å². The Morgan fingerprint density at radius 3 is 2.61 bits per heavy atom. The summed E-state index contributed by atoms with van der Waals surface area (Å²) in [7, 11) is 0. The maximum absolute atomic E-state index is 13.5. The van der Waals surface area contributed by atoms with E-state index in [0.29, 0.717) is 50.7 Å². The summed E-state index contributed by atoms with van der Waals surface area (Å²) >= 11 is 0. The van der Waals surface area contributed by atoms with Crippen molar-refractivity contribution in [1.82, 2.24) is 19.8 Å². The molecule has 164 valence electrons. The Kier molecular flexibility index (Phi) is 5.97. The number of urea groups is 1. The summed E-state index contributed by atoms with van der Waals surface area (Å²) in [4.78, 5) is 38.1. The van der Waals surface area contributed by atoms with Gasteiger partial charge in [0.1, 0.15) is 18.5 Å². The van der Waals surface area contributed by atoms with Crippen molar-refractivity contribution in [1.29, 1.82) is 0 Å². The molecule has 0 spiro atoms. The molecule has 0 aliphatic carbocycles. The molecule has 0 N–H and O–H groups in total. The van der Waals surface area contributed by atoms with Gasteiger partial charge in [0.05, 0.1) is 0 Å². The maximum Gasteiger partial charge on any atom is 0.325 e. The Balaban J connectivity index is 1.28. The van der Waals surface area contributed by atoms with Crippen LogP contribution in [0.1, 0.15) is 18.7 Å². The van der Waals surface area contributed by atoms with E-state index in [2.05, 4.69) is 9.97 Å². The predicted molar refractivity (Wildman–Crippen MR) is 108 cm³/mol. The highest BCUT2D eigenvalue weighted by molar-refractivity contribution is 5.96. The number of amides is 3. The van der Waals surface area contributed by atoms with E-state index in [1.165, 1.54) is 15.9 Å². The molecule has 2 saturated heterocycles. The Bertz CT molecular complexity index is 981. The molecule has 31 heavy (non-hydrogen) atoms. The number of nitrogens with zero attached hydrogens (tertiary/aromatic N) is 5.